The zero-order valence-electron chi connectivity index (χ0n) is 17.7. The van der Waals surface area contributed by atoms with E-state index in [0.717, 1.165) is 11.1 Å². The lowest BCUT2D eigenvalue weighted by atomic mass is 9.61. The number of hydrogen-bond donors (Lipinski definition) is 0. The van der Waals surface area contributed by atoms with Gasteiger partial charge in [-0.1, -0.05) is 62.4 Å². The lowest BCUT2D eigenvalue weighted by Gasteiger charge is -2.46. The Kier molecular flexibility index (Phi) is 5.30. The first-order valence-electron chi connectivity index (χ1n) is 10.3. The van der Waals surface area contributed by atoms with Gasteiger partial charge in [0.25, 0.3) is 0 Å². The summed E-state index contributed by atoms with van der Waals surface area (Å²) in [5.74, 6) is -0.0535. The van der Waals surface area contributed by atoms with Gasteiger partial charge >= 0.3 is 6.16 Å². The topological polar surface area (TPSA) is 54.0 Å². The second-order valence-corrected chi connectivity index (χ2v) is 8.65. The van der Waals surface area contributed by atoms with Gasteiger partial charge in [-0.3, -0.25) is 0 Å². The Labute approximate surface area is 172 Å². The first-order chi connectivity index (χ1) is 13.9. The molecule has 0 amide bonds. The highest BCUT2D eigenvalue weighted by atomic mass is 16.8. The zero-order chi connectivity index (χ0) is 20.8. The molecule has 4 rings (SSSR count). The molecule has 5 heteroatoms. The minimum Gasteiger partial charge on any atom is -0.427 e. The van der Waals surface area contributed by atoms with Crippen LogP contribution in [0.15, 0.2) is 48.6 Å². The molecule has 8 atom stereocenters. The molecule has 3 aliphatic rings. The Morgan fingerprint density at radius 1 is 1.10 bits per heavy atom. The molecule has 5 nitrogen and oxygen atoms in total. The van der Waals surface area contributed by atoms with E-state index in [1.54, 1.807) is 14.2 Å². The number of aryl methyl sites for hydroxylation is 1. The molecule has 0 bridgehead atoms. The number of rotatable bonds is 4. The van der Waals surface area contributed by atoms with Crippen LogP contribution in [0.5, 0.6) is 0 Å². The molecule has 1 aromatic carbocycles. The van der Waals surface area contributed by atoms with E-state index >= 15 is 0 Å². The average Bonchev–Trinajstić information content (AvgIpc) is 3.06. The predicted molar refractivity (Wildman–Crippen MR) is 109 cm³/mol. The minimum atomic E-state index is -0.608. The van der Waals surface area contributed by atoms with Crippen LogP contribution in [0.25, 0.3) is 0 Å². The van der Waals surface area contributed by atoms with Crippen LogP contribution in [0.1, 0.15) is 31.1 Å². The Morgan fingerprint density at radius 2 is 1.83 bits per heavy atom. The largest absolute Gasteiger partial charge is 0.509 e. The van der Waals surface area contributed by atoms with Gasteiger partial charge in [-0.15, -0.1) is 0 Å². The lowest BCUT2D eigenvalue weighted by molar-refractivity contribution is -0.0722. The van der Waals surface area contributed by atoms with Crippen LogP contribution < -0.4 is 0 Å². The van der Waals surface area contributed by atoms with Gasteiger partial charge in [0.15, 0.2) is 0 Å². The van der Waals surface area contributed by atoms with Crippen molar-refractivity contribution in [3.05, 3.63) is 59.7 Å². The van der Waals surface area contributed by atoms with E-state index in [4.69, 9.17) is 18.9 Å². The van der Waals surface area contributed by atoms with Crippen LogP contribution in [0.3, 0.4) is 0 Å². The summed E-state index contributed by atoms with van der Waals surface area (Å²) in [4.78, 5) is 12.2. The molecule has 156 valence electrons. The summed E-state index contributed by atoms with van der Waals surface area (Å²) >= 11 is 0. The molecule has 2 aliphatic carbocycles. The van der Waals surface area contributed by atoms with E-state index in [1.807, 2.05) is 12.1 Å². The molecule has 0 N–H and O–H groups in total. The minimum absolute atomic E-state index is 0.0173. The molecule has 2 fully saturated rings. The Hall–Kier alpha value is -2.11. The summed E-state index contributed by atoms with van der Waals surface area (Å²) in [6.07, 6.45) is 6.80. The SMILES string of the molecule is COC(c1ccccc1C)[C@@H]1[C@@H]2OC(=O)O[C@@H]2[C@@H](C)[C@H](OC)C2C=CC=CC21C. The third-order valence-electron chi connectivity index (χ3n) is 7.20. The Balaban J connectivity index is 1.91. The fourth-order valence-corrected chi connectivity index (χ4v) is 5.73. The Morgan fingerprint density at radius 3 is 2.52 bits per heavy atom. The van der Waals surface area contributed by atoms with Crippen molar-refractivity contribution in [3.63, 3.8) is 0 Å². The molecule has 1 heterocycles. The standard InChI is InChI=1S/C24H30O5/c1-14-10-6-7-11-16(14)21(27-5)18-22-20(28-23(25)29-22)15(2)19(26-4)17-12-8-9-13-24(17,18)3/h6-13,15,17-22H,1-5H3/t15-,17?,18+,19-,20+,21?,22-,24?/m0/s1. The van der Waals surface area contributed by atoms with Crippen LogP contribution in [0.4, 0.5) is 4.79 Å². The second-order valence-electron chi connectivity index (χ2n) is 8.65. The lowest BCUT2D eigenvalue weighted by Crippen LogP contribution is -2.46. The average molecular weight is 398 g/mol. The van der Waals surface area contributed by atoms with E-state index in [-0.39, 0.29) is 41.5 Å². The number of carbonyl (C=O) groups is 1. The molecule has 0 spiro atoms. The molecular formula is C24H30O5. The van der Waals surface area contributed by atoms with Gasteiger partial charge in [0, 0.05) is 37.4 Å². The summed E-state index contributed by atoms with van der Waals surface area (Å²) in [5, 5.41) is 0. The van der Waals surface area contributed by atoms with E-state index in [0.29, 0.717) is 0 Å². The van der Waals surface area contributed by atoms with Crippen LogP contribution in [0.2, 0.25) is 0 Å². The molecule has 0 radical (unpaired) electrons. The highest BCUT2D eigenvalue weighted by Gasteiger charge is 2.61. The van der Waals surface area contributed by atoms with Gasteiger partial charge in [0.1, 0.15) is 12.2 Å². The van der Waals surface area contributed by atoms with Crippen molar-refractivity contribution in [2.75, 3.05) is 14.2 Å². The second kappa shape index (κ2) is 7.62. The van der Waals surface area contributed by atoms with Crippen molar-refractivity contribution < 1.29 is 23.7 Å². The summed E-state index contributed by atoms with van der Waals surface area (Å²) in [6.45, 7) is 6.39. The van der Waals surface area contributed by atoms with Gasteiger partial charge in [-0.2, -0.15) is 0 Å². The number of fused-ring (bicyclic) bond motifs is 2. The zero-order valence-corrected chi connectivity index (χ0v) is 17.7. The predicted octanol–water partition coefficient (Wildman–Crippen LogP) is 4.62. The highest BCUT2D eigenvalue weighted by molar-refractivity contribution is 5.63. The number of ether oxygens (including phenoxy) is 4. The fourth-order valence-electron chi connectivity index (χ4n) is 5.73. The number of hydrogen-bond acceptors (Lipinski definition) is 5. The van der Waals surface area contributed by atoms with Gasteiger partial charge < -0.3 is 18.9 Å². The molecule has 1 saturated heterocycles. The molecule has 1 aromatic rings. The van der Waals surface area contributed by atoms with Crippen LogP contribution in [0, 0.1) is 30.1 Å². The first kappa shape index (κ1) is 20.2. The number of allylic oxidation sites excluding steroid dienone is 3. The molecule has 0 aromatic heterocycles. The Bertz CT molecular complexity index is 830. The summed E-state index contributed by atoms with van der Waals surface area (Å²) in [5.41, 5.74) is 1.91. The van der Waals surface area contributed by atoms with E-state index in [9.17, 15) is 4.79 Å². The summed E-state index contributed by atoms with van der Waals surface area (Å²) < 4.78 is 23.6. The molecule has 1 aliphatic heterocycles. The fraction of sp³-hybridized carbons (Fsp3) is 0.542. The normalized spacial score (nSPS) is 39.1. The van der Waals surface area contributed by atoms with Gasteiger partial charge in [0.2, 0.25) is 0 Å². The third kappa shape index (κ3) is 3.11. The first-order valence-corrected chi connectivity index (χ1v) is 10.3. The maximum Gasteiger partial charge on any atom is 0.509 e. The molecule has 29 heavy (non-hydrogen) atoms. The number of carbonyl (C=O) groups excluding carboxylic acids is 1. The molecule has 1 saturated carbocycles. The summed E-state index contributed by atoms with van der Waals surface area (Å²) in [6, 6.07) is 8.23. The van der Waals surface area contributed by atoms with Crippen LogP contribution in [-0.2, 0) is 18.9 Å². The summed E-state index contributed by atoms with van der Waals surface area (Å²) in [7, 11) is 3.46. The molecular weight excluding hydrogens is 368 g/mol. The number of benzene rings is 1. The van der Waals surface area contributed by atoms with Crippen molar-refractivity contribution in [3.8, 4) is 0 Å². The maximum absolute atomic E-state index is 12.2. The van der Waals surface area contributed by atoms with Crippen molar-refractivity contribution in [1.82, 2.24) is 0 Å². The van der Waals surface area contributed by atoms with Crippen molar-refractivity contribution in [2.24, 2.45) is 23.2 Å². The van der Waals surface area contributed by atoms with Gasteiger partial charge in [-0.05, 0) is 18.1 Å². The van der Waals surface area contributed by atoms with Crippen LogP contribution >= 0.6 is 0 Å². The third-order valence-corrected chi connectivity index (χ3v) is 7.20. The number of methoxy groups -OCH3 is 2. The molecule has 3 unspecified atom stereocenters. The van der Waals surface area contributed by atoms with Gasteiger partial charge in [0.05, 0.1) is 12.2 Å². The van der Waals surface area contributed by atoms with Crippen molar-refractivity contribution in [2.45, 2.75) is 45.2 Å². The van der Waals surface area contributed by atoms with E-state index in [2.05, 4.69) is 57.2 Å². The maximum atomic E-state index is 12.2. The van der Waals surface area contributed by atoms with E-state index < -0.39 is 12.3 Å². The smallest absolute Gasteiger partial charge is 0.427 e. The van der Waals surface area contributed by atoms with E-state index in [1.165, 1.54) is 0 Å². The van der Waals surface area contributed by atoms with Crippen molar-refractivity contribution in [1.29, 1.82) is 0 Å². The van der Waals surface area contributed by atoms with Gasteiger partial charge in [-0.25, -0.2) is 4.79 Å². The quantitative estimate of drug-likeness (QED) is 0.693. The monoisotopic (exact) mass is 398 g/mol. The highest BCUT2D eigenvalue weighted by Crippen LogP contribution is 2.56. The van der Waals surface area contributed by atoms with Crippen LogP contribution in [-0.4, -0.2) is 38.7 Å². The van der Waals surface area contributed by atoms with Crippen molar-refractivity contribution >= 4 is 6.16 Å².